The number of benzene rings is 1. The molecule has 0 radical (unpaired) electrons. The molecule has 18 heavy (non-hydrogen) atoms. The van der Waals surface area contributed by atoms with Crippen LogP contribution in [0.25, 0.3) is 0 Å². The van der Waals surface area contributed by atoms with Crippen LogP contribution in [0.3, 0.4) is 0 Å². The average Bonchev–Trinajstić information content (AvgIpc) is 2.30. The molecule has 3 N–H and O–H groups in total. The fraction of sp³-hybridized carbons (Fsp3) is 0.500. The van der Waals surface area contributed by atoms with E-state index in [9.17, 15) is 9.90 Å². The number of carbonyl (C=O) groups excluding carboxylic acids is 1. The minimum Gasteiger partial charge on any atom is -0.508 e. The van der Waals surface area contributed by atoms with Crippen molar-refractivity contribution in [3.05, 3.63) is 29.3 Å². The number of nitrogens with zero attached hydrogens (tertiary/aromatic N) is 1. The summed E-state index contributed by atoms with van der Waals surface area (Å²) in [6.07, 6.45) is 1.99. The fourth-order valence-electron chi connectivity index (χ4n) is 2.47. The first kappa shape index (κ1) is 12.9. The van der Waals surface area contributed by atoms with Gasteiger partial charge in [-0.3, -0.25) is 4.79 Å². The zero-order chi connectivity index (χ0) is 13.3. The molecule has 98 valence electrons. The maximum Gasteiger partial charge on any atom is 0.254 e. The number of hydrogen-bond donors (Lipinski definition) is 2. The van der Waals surface area contributed by atoms with Crippen molar-refractivity contribution in [1.82, 2.24) is 4.90 Å². The van der Waals surface area contributed by atoms with E-state index in [1.54, 1.807) is 37.1 Å². The molecule has 2 rings (SSSR count). The van der Waals surface area contributed by atoms with Gasteiger partial charge in [0, 0.05) is 30.8 Å². The number of phenolic OH excluding ortho intramolecular Hbond substituents is 1. The van der Waals surface area contributed by atoms with Gasteiger partial charge >= 0.3 is 0 Å². The third-order valence-corrected chi connectivity index (χ3v) is 3.69. The van der Waals surface area contributed by atoms with Gasteiger partial charge in [-0.05, 0) is 37.8 Å². The Morgan fingerprint density at radius 2 is 2.17 bits per heavy atom. The smallest absolute Gasteiger partial charge is 0.254 e. The van der Waals surface area contributed by atoms with Crippen molar-refractivity contribution >= 4 is 5.91 Å². The Balaban J connectivity index is 2.04. The quantitative estimate of drug-likeness (QED) is 0.852. The molecule has 1 amide bonds. The maximum absolute atomic E-state index is 12.3. The monoisotopic (exact) mass is 248 g/mol. The first-order valence-electron chi connectivity index (χ1n) is 6.28. The van der Waals surface area contributed by atoms with Crippen LogP contribution in [0.1, 0.15) is 28.8 Å². The summed E-state index contributed by atoms with van der Waals surface area (Å²) >= 11 is 0. The Morgan fingerprint density at radius 3 is 2.78 bits per heavy atom. The number of aromatic hydroxyl groups is 1. The molecule has 4 nitrogen and oxygen atoms in total. The fourth-order valence-corrected chi connectivity index (χ4v) is 2.47. The summed E-state index contributed by atoms with van der Waals surface area (Å²) in [6, 6.07) is 5.35. The first-order valence-corrected chi connectivity index (χ1v) is 6.28. The molecule has 4 heteroatoms. The van der Waals surface area contributed by atoms with Crippen molar-refractivity contribution < 1.29 is 9.90 Å². The molecule has 0 bridgehead atoms. The van der Waals surface area contributed by atoms with Crippen LogP contribution in [0.2, 0.25) is 0 Å². The van der Waals surface area contributed by atoms with Crippen molar-refractivity contribution in [2.45, 2.75) is 25.8 Å². The van der Waals surface area contributed by atoms with Gasteiger partial charge in [-0.2, -0.15) is 0 Å². The van der Waals surface area contributed by atoms with Crippen LogP contribution in [0.15, 0.2) is 18.2 Å². The summed E-state index contributed by atoms with van der Waals surface area (Å²) in [5, 5.41) is 9.62. The van der Waals surface area contributed by atoms with Crippen LogP contribution in [0.5, 0.6) is 5.75 Å². The standard InChI is InChI=1S/C14H20N2O2/c1-9-12(4-3-5-13(9)17)14(18)16(2)8-10-6-11(15)7-10/h3-5,10-11,17H,6-8,15H2,1-2H3. The van der Waals surface area contributed by atoms with Crippen molar-refractivity contribution in [2.24, 2.45) is 11.7 Å². The highest BCUT2D eigenvalue weighted by molar-refractivity contribution is 5.96. The van der Waals surface area contributed by atoms with E-state index in [0.717, 1.165) is 19.4 Å². The second-order valence-corrected chi connectivity index (χ2v) is 5.23. The number of rotatable bonds is 3. The van der Waals surface area contributed by atoms with Crippen LogP contribution in [-0.4, -0.2) is 35.5 Å². The molecule has 0 aromatic heterocycles. The van der Waals surface area contributed by atoms with Gasteiger partial charge in [0.25, 0.3) is 5.91 Å². The van der Waals surface area contributed by atoms with Crippen LogP contribution >= 0.6 is 0 Å². The van der Waals surface area contributed by atoms with Gasteiger partial charge in [-0.25, -0.2) is 0 Å². The molecule has 1 aliphatic rings. The first-order chi connectivity index (χ1) is 8.49. The normalized spacial score (nSPS) is 22.4. The van der Waals surface area contributed by atoms with Gasteiger partial charge in [0.2, 0.25) is 0 Å². The predicted molar refractivity (Wildman–Crippen MR) is 70.5 cm³/mol. The lowest BCUT2D eigenvalue weighted by Crippen LogP contribution is -2.43. The van der Waals surface area contributed by atoms with Crippen molar-refractivity contribution in [3.8, 4) is 5.75 Å². The molecule has 0 aliphatic heterocycles. The molecule has 1 fully saturated rings. The molecule has 0 heterocycles. The summed E-state index contributed by atoms with van der Waals surface area (Å²) in [5.74, 6) is 0.648. The number of nitrogens with two attached hydrogens (primary N) is 1. The number of carbonyl (C=O) groups is 1. The lowest BCUT2D eigenvalue weighted by Gasteiger charge is -2.35. The third kappa shape index (κ3) is 2.48. The zero-order valence-electron chi connectivity index (χ0n) is 10.9. The molecule has 1 aromatic carbocycles. The largest absolute Gasteiger partial charge is 0.508 e. The molecular formula is C14H20N2O2. The Bertz CT molecular complexity index is 453. The van der Waals surface area contributed by atoms with E-state index >= 15 is 0 Å². The maximum atomic E-state index is 12.3. The van der Waals surface area contributed by atoms with Gasteiger partial charge in [0.15, 0.2) is 0 Å². The Morgan fingerprint density at radius 1 is 1.50 bits per heavy atom. The van der Waals surface area contributed by atoms with Gasteiger partial charge in [0.05, 0.1) is 0 Å². The second-order valence-electron chi connectivity index (χ2n) is 5.23. The SMILES string of the molecule is Cc1c(O)cccc1C(=O)N(C)CC1CC(N)C1. The van der Waals surface area contributed by atoms with Crippen LogP contribution in [0.4, 0.5) is 0 Å². The number of phenols is 1. The second kappa shape index (κ2) is 4.98. The summed E-state index contributed by atoms with van der Waals surface area (Å²) in [4.78, 5) is 14.0. The van der Waals surface area contributed by atoms with E-state index in [-0.39, 0.29) is 11.7 Å². The summed E-state index contributed by atoms with van der Waals surface area (Å²) in [7, 11) is 1.80. The van der Waals surface area contributed by atoms with Crippen molar-refractivity contribution in [1.29, 1.82) is 0 Å². The number of hydrogen-bond acceptors (Lipinski definition) is 3. The molecule has 0 unspecified atom stereocenters. The van der Waals surface area contributed by atoms with Crippen LogP contribution in [0, 0.1) is 12.8 Å². The van der Waals surface area contributed by atoms with E-state index < -0.39 is 0 Å². The average molecular weight is 248 g/mol. The van der Waals surface area contributed by atoms with Gasteiger partial charge < -0.3 is 15.7 Å². The Hall–Kier alpha value is -1.55. The lowest BCUT2D eigenvalue weighted by molar-refractivity contribution is 0.0733. The highest BCUT2D eigenvalue weighted by Gasteiger charge is 2.28. The van der Waals surface area contributed by atoms with E-state index in [1.807, 2.05) is 0 Å². The van der Waals surface area contributed by atoms with Gasteiger partial charge in [-0.15, -0.1) is 0 Å². The Labute approximate surface area is 107 Å². The van der Waals surface area contributed by atoms with E-state index in [2.05, 4.69) is 0 Å². The molecule has 1 aromatic rings. The van der Waals surface area contributed by atoms with E-state index in [0.29, 0.717) is 23.1 Å². The summed E-state index contributed by atoms with van der Waals surface area (Å²) in [6.45, 7) is 2.50. The van der Waals surface area contributed by atoms with Crippen molar-refractivity contribution in [2.75, 3.05) is 13.6 Å². The summed E-state index contributed by atoms with van der Waals surface area (Å²) < 4.78 is 0. The van der Waals surface area contributed by atoms with E-state index in [1.165, 1.54) is 0 Å². The minimum absolute atomic E-state index is 0.0381. The summed E-state index contributed by atoms with van der Waals surface area (Å²) in [5.41, 5.74) is 6.95. The molecule has 0 atom stereocenters. The molecule has 0 spiro atoms. The lowest BCUT2D eigenvalue weighted by atomic mass is 9.80. The zero-order valence-corrected chi connectivity index (χ0v) is 10.9. The molecule has 0 saturated heterocycles. The number of amides is 1. The Kier molecular flexibility index (Phi) is 3.57. The van der Waals surface area contributed by atoms with Gasteiger partial charge in [0.1, 0.15) is 5.75 Å². The highest BCUT2D eigenvalue weighted by atomic mass is 16.3. The molecular weight excluding hydrogens is 228 g/mol. The highest BCUT2D eigenvalue weighted by Crippen LogP contribution is 2.27. The molecule has 1 aliphatic carbocycles. The van der Waals surface area contributed by atoms with Crippen LogP contribution < -0.4 is 5.73 Å². The predicted octanol–water partition coefficient (Wildman–Crippen LogP) is 1.51. The minimum atomic E-state index is -0.0381. The van der Waals surface area contributed by atoms with Crippen LogP contribution in [-0.2, 0) is 0 Å². The topological polar surface area (TPSA) is 66.6 Å². The van der Waals surface area contributed by atoms with Crippen molar-refractivity contribution in [3.63, 3.8) is 0 Å². The van der Waals surface area contributed by atoms with Gasteiger partial charge in [-0.1, -0.05) is 6.07 Å². The molecule has 1 saturated carbocycles. The third-order valence-electron chi connectivity index (χ3n) is 3.69. The van der Waals surface area contributed by atoms with E-state index in [4.69, 9.17) is 5.73 Å².